The molecule has 0 amide bonds. The molecule has 110 valence electrons. The molecule has 0 fully saturated rings. The van der Waals surface area contributed by atoms with Crippen LogP contribution >= 0.6 is 0 Å². The maximum atomic E-state index is 2.31. The van der Waals surface area contributed by atoms with E-state index in [1.165, 1.54) is 43.4 Å². The molecule has 4 aromatic carbocycles. The van der Waals surface area contributed by atoms with Gasteiger partial charge in [-0.05, 0) is 63.4 Å². The maximum Gasteiger partial charge on any atom is -0.00670 e. The highest BCUT2D eigenvalue weighted by molar-refractivity contribution is 6.15. The van der Waals surface area contributed by atoms with E-state index in [0.717, 1.165) is 0 Å². The van der Waals surface area contributed by atoms with E-state index in [0.29, 0.717) is 0 Å². The summed E-state index contributed by atoms with van der Waals surface area (Å²) >= 11 is 0. The van der Waals surface area contributed by atoms with E-state index < -0.39 is 0 Å². The van der Waals surface area contributed by atoms with Crippen molar-refractivity contribution in [3.05, 3.63) is 71.8 Å². The lowest BCUT2D eigenvalue weighted by atomic mass is 9.92. The molecule has 0 spiro atoms. The molecule has 0 heterocycles. The van der Waals surface area contributed by atoms with Crippen molar-refractivity contribution in [2.24, 2.45) is 0 Å². The van der Waals surface area contributed by atoms with Crippen molar-refractivity contribution in [2.75, 3.05) is 0 Å². The van der Waals surface area contributed by atoms with E-state index in [2.05, 4.69) is 74.5 Å². The van der Waals surface area contributed by atoms with Gasteiger partial charge in [0.15, 0.2) is 0 Å². The highest BCUT2D eigenvalue weighted by Gasteiger charge is 2.08. The predicted molar refractivity (Wildman–Crippen MR) is 99.8 cm³/mol. The molecule has 0 atom stereocenters. The third kappa shape index (κ3) is 2.16. The van der Waals surface area contributed by atoms with Gasteiger partial charge >= 0.3 is 0 Å². The molecule has 0 unspecified atom stereocenters. The summed E-state index contributed by atoms with van der Waals surface area (Å²) in [5.74, 6) is 0. The number of fused-ring (bicyclic) bond motifs is 4. The summed E-state index contributed by atoms with van der Waals surface area (Å²) in [5.41, 5.74) is 2.74. The van der Waals surface area contributed by atoms with Crippen LogP contribution in [-0.2, 0) is 0 Å². The van der Waals surface area contributed by atoms with Crippen molar-refractivity contribution in [2.45, 2.75) is 27.7 Å². The second-order valence-corrected chi connectivity index (χ2v) is 5.56. The normalized spacial score (nSPS) is 10.7. The Morgan fingerprint density at radius 3 is 2.09 bits per heavy atom. The van der Waals surface area contributed by atoms with Gasteiger partial charge in [0.05, 0.1) is 0 Å². The molecule has 0 N–H and O–H groups in total. The van der Waals surface area contributed by atoms with Crippen LogP contribution in [0.2, 0.25) is 0 Å². The lowest BCUT2D eigenvalue weighted by Gasteiger charge is -2.12. The average molecular weight is 286 g/mol. The molecule has 0 nitrogen and oxygen atoms in total. The van der Waals surface area contributed by atoms with Gasteiger partial charge in [-0.1, -0.05) is 68.4 Å². The van der Waals surface area contributed by atoms with Crippen LogP contribution in [0.4, 0.5) is 0 Å². The van der Waals surface area contributed by atoms with E-state index >= 15 is 0 Å². The van der Waals surface area contributed by atoms with Gasteiger partial charge in [-0.25, -0.2) is 0 Å². The molecule has 4 aromatic rings. The fourth-order valence-electron chi connectivity index (χ4n) is 3.37. The molecule has 0 aliphatic heterocycles. The Bertz CT molecular complexity index is 962. The van der Waals surface area contributed by atoms with Crippen LogP contribution in [0, 0.1) is 13.8 Å². The van der Waals surface area contributed by atoms with Crippen LogP contribution in [0.1, 0.15) is 25.0 Å². The first kappa shape index (κ1) is 14.6. The van der Waals surface area contributed by atoms with Crippen molar-refractivity contribution in [1.29, 1.82) is 0 Å². The van der Waals surface area contributed by atoms with E-state index in [1.807, 2.05) is 13.8 Å². The molecule has 4 rings (SSSR count). The van der Waals surface area contributed by atoms with Crippen LogP contribution < -0.4 is 0 Å². The van der Waals surface area contributed by atoms with Crippen LogP contribution in [0.15, 0.2) is 60.7 Å². The number of hydrogen-bond donors (Lipinski definition) is 0. The van der Waals surface area contributed by atoms with Gasteiger partial charge < -0.3 is 0 Å². The molecule has 0 aromatic heterocycles. The number of aryl methyl sites for hydroxylation is 2. The van der Waals surface area contributed by atoms with E-state index in [9.17, 15) is 0 Å². The van der Waals surface area contributed by atoms with Crippen molar-refractivity contribution < 1.29 is 0 Å². The summed E-state index contributed by atoms with van der Waals surface area (Å²) in [7, 11) is 0. The van der Waals surface area contributed by atoms with Gasteiger partial charge in [-0.2, -0.15) is 0 Å². The van der Waals surface area contributed by atoms with Gasteiger partial charge in [0, 0.05) is 0 Å². The highest BCUT2D eigenvalue weighted by atomic mass is 14.1. The third-order valence-corrected chi connectivity index (χ3v) is 4.34. The van der Waals surface area contributed by atoms with Crippen molar-refractivity contribution >= 4 is 32.3 Å². The summed E-state index contributed by atoms with van der Waals surface area (Å²) in [5, 5.41) is 8.15. The van der Waals surface area contributed by atoms with E-state index in [1.54, 1.807) is 0 Å². The zero-order chi connectivity index (χ0) is 15.7. The molecular formula is C22H22. The maximum absolute atomic E-state index is 2.31. The molecule has 0 saturated carbocycles. The summed E-state index contributed by atoms with van der Waals surface area (Å²) < 4.78 is 0. The Morgan fingerprint density at radius 1 is 0.591 bits per heavy atom. The minimum atomic E-state index is 1.32. The SMILES string of the molecule is CC.Cc1cccc2ccc3cc4ccccc4c(C)c3c12. The first-order valence-corrected chi connectivity index (χ1v) is 8.06. The summed E-state index contributed by atoms with van der Waals surface area (Å²) in [6, 6.07) is 22.0. The smallest absolute Gasteiger partial charge is 0.00670 e. The molecule has 0 aliphatic rings. The quantitative estimate of drug-likeness (QED) is 0.246. The molecule has 0 aliphatic carbocycles. The Hall–Kier alpha value is -2.34. The minimum absolute atomic E-state index is 1.32. The van der Waals surface area contributed by atoms with Gasteiger partial charge in [0.1, 0.15) is 0 Å². The second-order valence-electron chi connectivity index (χ2n) is 5.56. The third-order valence-electron chi connectivity index (χ3n) is 4.34. The predicted octanol–water partition coefficient (Wildman–Crippen LogP) is 6.79. The monoisotopic (exact) mass is 286 g/mol. The topological polar surface area (TPSA) is 0 Å². The van der Waals surface area contributed by atoms with Crippen LogP contribution in [0.3, 0.4) is 0 Å². The molecule has 0 heteroatoms. The summed E-state index contributed by atoms with van der Waals surface area (Å²) in [6.07, 6.45) is 0. The Balaban J connectivity index is 0.000000693. The second kappa shape index (κ2) is 5.81. The van der Waals surface area contributed by atoms with Gasteiger partial charge in [-0.3, -0.25) is 0 Å². The highest BCUT2D eigenvalue weighted by Crippen LogP contribution is 2.34. The minimum Gasteiger partial charge on any atom is -0.0683 e. The molecule has 22 heavy (non-hydrogen) atoms. The van der Waals surface area contributed by atoms with E-state index in [-0.39, 0.29) is 0 Å². The van der Waals surface area contributed by atoms with Crippen molar-refractivity contribution in [3.63, 3.8) is 0 Å². The fraction of sp³-hybridized carbons (Fsp3) is 0.182. The van der Waals surface area contributed by atoms with Crippen LogP contribution in [0.25, 0.3) is 32.3 Å². The lowest BCUT2D eigenvalue weighted by molar-refractivity contribution is 1.50. The van der Waals surface area contributed by atoms with Crippen molar-refractivity contribution in [3.8, 4) is 0 Å². The Morgan fingerprint density at radius 2 is 1.27 bits per heavy atom. The average Bonchev–Trinajstić information content (AvgIpc) is 2.57. The molecule has 0 radical (unpaired) electrons. The molecule has 0 saturated heterocycles. The Labute approximate surface area is 132 Å². The van der Waals surface area contributed by atoms with Crippen LogP contribution in [0.5, 0.6) is 0 Å². The van der Waals surface area contributed by atoms with Crippen LogP contribution in [-0.4, -0.2) is 0 Å². The van der Waals surface area contributed by atoms with E-state index in [4.69, 9.17) is 0 Å². The number of benzene rings is 4. The van der Waals surface area contributed by atoms with Gasteiger partial charge in [-0.15, -0.1) is 0 Å². The molecular weight excluding hydrogens is 264 g/mol. The molecule has 0 bridgehead atoms. The van der Waals surface area contributed by atoms with Gasteiger partial charge in [0.2, 0.25) is 0 Å². The number of hydrogen-bond acceptors (Lipinski definition) is 0. The first-order valence-electron chi connectivity index (χ1n) is 8.06. The standard InChI is InChI=1S/C20H16.C2H6/c1-13-6-5-8-15-10-11-17-12-16-7-3-4-9-18(16)14(2)20(17)19(13)15;1-2/h3-12H,1-2H3;1-2H3. The zero-order valence-electron chi connectivity index (χ0n) is 13.8. The largest absolute Gasteiger partial charge is 0.0683 e. The number of rotatable bonds is 0. The van der Waals surface area contributed by atoms with Gasteiger partial charge in [0.25, 0.3) is 0 Å². The first-order chi connectivity index (χ1) is 10.8. The summed E-state index contributed by atoms with van der Waals surface area (Å²) in [4.78, 5) is 0. The van der Waals surface area contributed by atoms with Crippen molar-refractivity contribution in [1.82, 2.24) is 0 Å². The zero-order valence-corrected chi connectivity index (χ0v) is 13.8. The lowest BCUT2D eigenvalue weighted by Crippen LogP contribution is -1.87. The fourth-order valence-corrected chi connectivity index (χ4v) is 3.37. The summed E-state index contributed by atoms with van der Waals surface area (Å²) in [6.45, 7) is 8.45. The Kier molecular flexibility index (Phi) is 3.85.